The quantitative estimate of drug-likeness (QED) is 0.787. The molecule has 0 fully saturated rings. The van der Waals surface area contributed by atoms with E-state index < -0.39 is 0 Å². The SMILES string of the molecule is Cc1cc(Nc2nc(N)nc3c2CNCC3)ccc1Br. The van der Waals surface area contributed by atoms with Gasteiger partial charge < -0.3 is 16.4 Å². The zero-order valence-corrected chi connectivity index (χ0v) is 12.8. The maximum Gasteiger partial charge on any atom is 0.222 e. The summed E-state index contributed by atoms with van der Waals surface area (Å²) >= 11 is 3.50. The van der Waals surface area contributed by atoms with Gasteiger partial charge in [-0.15, -0.1) is 0 Å². The summed E-state index contributed by atoms with van der Waals surface area (Å²) in [6.45, 7) is 3.76. The van der Waals surface area contributed by atoms with Crippen molar-refractivity contribution in [1.29, 1.82) is 0 Å². The number of hydrogen-bond acceptors (Lipinski definition) is 5. The van der Waals surface area contributed by atoms with Gasteiger partial charge in [0, 0.05) is 35.2 Å². The number of rotatable bonds is 2. The van der Waals surface area contributed by atoms with Crippen molar-refractivity contribution < 1.29 is 0 Å². The zero-order chi connectivity index (χ0) is 14.1. The molecule has 0 radical (unpaired) electrons. The molecule has 0 aliphatic carbocycles. The average Bonchev–Trinajstić information content (AvgIpc) is 2.43. The standard InChI is InChI=1S/C14H16BrN5/c1-8-6-9(2-3-11(8)15)18-13-10-7-17-5-4-12(10)19-14(16)20-13/h2-3,6,17H,4-5,7H2,1H3,(H3,16,18,19,20). The van der Waals surface area contributed by atoms with Crippen LogP contribution in [0, 0.1) is 6.92 Å². The molecule has 1 aromatic heterocycles. The maximum absolute atomic E-state index is 5.80. The molecule has 0 unspecified atom stereocenters. The van der Waals surface area contributed by atoms with Gasteiger partial charge in [0.2, 0.25) is 5.95 Å². The number of hydrogen-bond donors (Lipinski definition) is 3. The summed E-state index contributed by atoms with van der Waals surface area (Å²) in [6.07, 6.45) is 0.885. The number of benzene rings is 1. The van der Waals surface area contributed by atoms with Gasteiger partial charge in [-0.1, -0.05) is 15.9 Å². The van der Waals surface area contributed by atoms with E-state index in [4.69, 9.17) is 5.73 Å². The minimum atomic E-state index is 0.321. The van der Waals surface area contributed by atoms with Gasteiger partial charge in [0.05, 0.1) is 5.69 Å². The Morgan fingerprint density at radius 1 is 1.35 bits per heavy atom. The summed E-state index contributed by atoms with van der Waals surface area (Å²) in [5.41, 5.74) is 10.1. The lowest BCUT2D eigenvalue weighted by Gasteiger charge is -2.20. The third kappa shape index (κ3) is 2.62. The molecule has 0 spiro atoms. The molecular weight excluding hydrogens is 318 g/mol. The number of halogens is 1. The number of nitrogens with one attached hydrogen (secondary N) is 2. The number of nitrogens with two attached hydrogens (primary N) is 1. The number of nitrogen functional groups attached to an aromatic ring is 1. The number of nitrogens with zero attached hydrogens (tertiary/aromatic N) is 2. The zero-order valence-electron chi connectivity index (χ0n) is 11.2. The van der Waals surface area contributed by atoms with Gasteiger partial charge in [0.25, 0.3) is 0 Å². The predicted octanol–water partition coefficient (Wildman–Crippen LogP) is 2.52. The smallest absolute Gasteiger partial charge is 0.222 e. The fourth-order valence-electron chi connectivity index (χ4n) is 2.32. The van der Waals surface area contributed by atoms with Crippen molar-refractivity contribution in [3.8, 4) is 0 Å². The van der Waals surface area contributed by atoms with Crippen LogP contribution in [0.25, 0.3) is 0 Å². The fourth-order valence-corrected chi connectivity index (χ4v) is 2.57. The average molecular weight is 334 g/mol. The van der Waals surface area contributed by atoms with E-state index in [-0.39, 0.29) is 0 Å². The van der Waals surface area contributed by atoms with Crippen LogP contribution in [0.1, 0.15) is 16.8 Å². The minimum Gasteiger partial charge on any atom is -0.368 e. The van der Waals surface area contributed by atoms with Crippen molar-refractivity contribution >= 4 is 33.4 Å². The van der Waals surface area contributed by atoms with E-state index >= 15 is 0 Å². The largest absolute Gasteiger partial charge is 0.368 e. The predicted molar refractivity (Wildman–Crippen MR) is 84.0 cm³/mol. The van der Waals surface area contributed by atoms with E-state index in [1.807, 2.05) is 12.1 Å². The molecule has 0 bridgehead atoms. The van der Waals surface area contributed by atoms with Crippen molar-refractivity contribution in [2.24, 2.45) is 0 Å². The van der Waals surface area contributed by atoms with Crippen molar-refractivity contribution in [3.63, 3.8) is 0 Å². The maximum atomic E-state index is 5.80. The van der Waals surface area contributed by atoms with Crippen LogP contribution in [-0.4, -0.2) is 16.5 Å². The van der Waals surface area contributed by atoms with E-state index in [0.29, 0.717) is 5.95 Å². The third-order valence-electron chi connectivity index (χ3n) is 3.37. The van der Waals surface area contributed by atoms with E-state index in [0.717, 1.165) is 46.7 Å². The van der Waals surface area contributed by atoms with Gasteiger partial charge in [-0.05, 0) is 30.7 Å². The summed E-state index contributed by atoms with van der Waals surface area (Å²) in [5.74, 6) is 1.11. The van der Waals surface area contributed by atoms with Gasteiger partial charge in [0.1, 0.15) is 5.82 Å². The fraction of sp³-hybridized carbons (Fsp3) is 0.286. The van der Waals surface area contributed by atoms with Crippen LogP contribution in [-0.2, 0) is 13.0 Å². The van der Waals surface area contributed by atoms with Crippen LogP contribution in [0.2, 0.25) is 0 Å². The lowest BCUT2D eigenvalue weighted by molar-refractivity contribution is 0.629. The Balaban J connectivity index is 1.97. The number of aromatic nitrogens is 2. The van der Waals surface area contributed by atoms with Crippen LogP contribution in [0.15, 0.2) is 22.7 Å². The second-order valence-corrected chi connectivity index (χ2v) is 5.73. The first-order chi connectivity index (χ1) is 9.63. The first-order valence-electron chi connectivity index (χ1n) is 6.52. The normalized spacial score (nSPS) is 13.9. The van der Waals surface area contributed by atoms with Gasteiger partial charge >= 0.3 is 0 Å². The van der Waals surface area contributed by atoms with Gasteiger partial charge in [-0.3, -0.25) is 0 Å². The van der Waals surface area contributed by atoms with Crippen LogP contribution in [0.5, 0.6) is 0 Å². The molecule has 1 aliphatic heterocycles. The Kier molecular flexibility index (Phi) is 3.58. The van der Waals surface area contributed by atoms with Crippen LogP contribution >= 0.6 is 15.9 Å². The molecule has 3 rings (SSSR count). The Morgan fingerprint density at radius 3 is 3.00 bits per heavy atom. The molecule has 104 valence electrons. The van der Waals surface area contributed by atoms with E-state index in [1.54, 1.807) is 0 Å². The highest BCUT2D eigenvalue weighted by Gasteiger charge is 2.17. The second-order valence-electron chi connectivity index (χ2n) is 4.87. The molecule has 5 nitrogen and oxygen atoms in total. The van der Waals surface area contributed by atoms with Crippen molar-refractivity contribution in [3.05, 3.63) is 39.5 Å². The summed E-state index contributed by atoms with van der Waals surface area (Å²) < 4.78 is 1.09. The van der Waals surface area contributed by atoms with Crippen LogP contribution in [0.4, 0.5) is 17.5 Å². The highest BCUT2D eigenvalue weighted by molar-refractivity contribution is 9.10. The molecule has 20 heavy (non-hydrogen) atoms. The molecular formula is C14H16BrN5. The Labute approximate surface area is 126 Å². The first kappa shape index (κ1) is 13.3. The summed E-state index contributed by atoms with van der Waals surface area (Å²) in [4.78, 5) is 8.66. The molecule has 0 amide bonds. The molecule has 0 atom stereocenters. The first-order valence-corrected chi connectivity index (χ1v) is 7.32. The molecule has 0 saturated heterocycles. The Morgan fingerprint density at radius 2 is 2.20 bits per heavy atom. The second kappa shape index (κ2) is 5.38. The number of aryl methyl sites for hydroxylation is 1. The Hall–Kier alpha value is -1.66. The lowest BCUT2D eigenvalue weighted by Crippen LogP contribution is -2.26. The number of fused-ring (bicyclic) bond motifs is 1. The highest BCUT2D eigenvalue weighted by atomic mass is 79.9. The van der Waals surface area contributed by atoms with Crippen LogP contribution in [0.3, 0.4) is 0 Å². The lowest BCUT2D eigenvalue weighted by atomic mass is 10.1. The molecule has 6 heteroatoms. The van der Waals surface area contributed by atoms with E-state index in [9.17, 15) is 0 Å². The molecule has 0 saturated carbocycles. The van der Waals surface area contributed by atoms with Crippen LogP contribution < -0.4 is 16.4 Å². The summed E-state index contributed by atoms with van der Waals surface area (Å²) in [6, 6.07) is 6.11. The van der Waals surface area contributed by atoms with Crippen molar-refractivity contribution in [2.45, 2.75) is 19.9 Å². The van der Waals surface area contributed by atoms with Crippen molar-refractivity contribution in [2.75, 3.05) is 17.6 Å². The molecule has 2 heterocycles. The Bertz CT molecular complexity index is 656. The topological polar surface area (TPSA) is 75.9 Å². The molecule has 4 N–H and O–H groups in total. The molecule has 1 aliphatic rings. The van der Waals surface area contributed by atoms with E-state index in [2.05, 4.69) is 49.5 Å². The summed E-state index contributed by atoms with van der Waals surface area (Å²) in [7, 11) is 0. The third-order valence-corrected chi connectivity index (χ3v) is 4.26. The number of anilines is 3. The highest BCUT2D eigenvalue weighted by Crippen LogP contribution is 2.26. The van der Waals surface area contributed by atoms with Gasteiger partial charge in [-0.25, -0.2) is 4.98 Å². The van der Waals surface area contributed by atoms with Gasteiger partial charge in [0.15, 0.2) is 0 Å². The summed E-state index contributed by atoms with van der Waals surface area (Å²) in [5, 5.41) is 6.69. The van der Waals surface area contributed by atoms with E-state index in [1.165, 1.54) is 5.56 Å². The molecule has 2 aromatic rings. The van der Waals surface area contributed by atoms with Crippen molar-refractivity contribution in [1.82, 2.24) is 15.3 Å². The monoisotopic (exact) mass is 333 g/mol. The van der Waals surface area contributed by atoms with Gasteiger partial charge in [-0.2, -0.15) is 4.98 Å². The minimum absolute atomic E-state index is 0.321. The molecule has 1 aromatic carbocycles.